The van der Waals surface area contributed by atoms with Gasteiger partial charge in [0.25, 0.3) is 0 Å². The fraction of sp³-hybridized carbons (Fsp3) is 0.357. The quantitative estimate of drug-likeness (QED) is 0.186. The Hall–Kier alpha value is -4.30. The Bertz CT molecular complexity index is 1400. The summed E-state index contributed by atoms with van der Waals surface area (Å²) in [5, 5.41) is 24.8. The predicted octanol–water partition coefficient (Wildman–Crippen LogP) is 4.35. The first-order valence-corrected chi connectivity index (χ1v) is 14.7. The molecule has 4 aromatic rings. The minimum absolute atomic E-state index is 0.141. The van der Waals surface area contributed by atoms with E-state index in [2.05, 4.69) is 31.0 Å². The normalized spacial score (nSPS) is 10.7. The molecule has 12 nitrogen and oxygen atoms in total. The molecule has 0 aliphatic carbocycles. The van der Waals surface area contributed by atoms with Crippen LogP contribution in [0.15, 0.2) is 36.4 Å². The molecular formula is C28H32N6O6S2. The zero-order valence-corrected chi connectivity index (χ0v) is 25.4. The van der Waals surface area contributed by atoms with E-state index in [0.717, 1.165) is 46.8 Å². The van der Waals surface area contributed by atoms with Crippen LogP contribution in [0.2, 0.25) is 0 Å². The van der Waals surface area contributed by atoms with Crippen LogP contribution in [0.25, 0.3) is 0 Å². The van der Waals surface area contributed by atoms with Crippen LogP contribution >= 0.6 is 22.7 Å². The van der Waals surface area contributed by atoms with Crippen LogP contribution in [0, 0.1) is 0 Å². The van der Waals surface area contributed by atoms with Crippen molar-refractivity contribution >= 4 is 44.8 Å². The number of anilines is 2. The van der Waals surface area contributed by atoms with Gasteiger partial charge in [-0.15, -0.1) is 20.4 Å². The van der Waals surface area contributed by atoms with Crippen molar-refractivity contribution in [3.8, 4) is 23.0 Å². The smallest absolute Gasteiger partial charge is 0.230 e. The number of benzene rings is 2. The second-order valence-corrected chi connectivity index (χ2v) is 11.1. The number of aryl methyl sites for hydroxylation is 2. The van der Waals surface area contributed by atoms with Gasteiger partial charge in [0.15, 0.2) is 0 Å². The fourth-order valence-corrected chi connectivity index (χ4v) is 5.63. The van der Waals surface area contributed by atoms with Gasteiger partial charge in [-0.2, -0.15) is 0 Å². The number of ether oxygens (including phenoxy) is 4. The molecule has 0 fully saturated rings. The molecule has 14 heteroatoms. The Balaban J connectivity index is 1.18. The molecule has 0 radical (unpaired) electrons. The average Bonchev–Trinajstić information content (AvgIpc) is 3.64. The monoisotopic (exact) mass is 612 g/mol. The van der Waals surface area contributed by atoms with Crippen molar-refractivity contribution in [2.45, 2.75) is 38.5 Å². The summed E-state index contributed by atoms with van der Waals surface area (Å²) in [4.78, 5) is 25.1. The number of amides is 2. The van der Waals surface area contributed by atoms with E-state index < -0.39 is 0 Å². The van der Waals surface area contributed by atoms with Gasteiger partial charge in [-0.05, 0) is 25.0 Å². The van der Waals surface area contributed by atoms with Crippen molar-refractivity contribution < 1.29 is 28.5 Å². The molecule has 0 saturated heterocycles. The van der Waals surface area contributed by atoms with Gasteiger partial charge in [0.1, 0.15) is 33.0 Å². The lowest BCUT2D eigenvalue weighted by atomic mass is 10.1. The second-order valence-electron chi connectivity index (χ2n) is 9.01. The summed E-state index contributed by atoms with van der Waals surface area (Å²) in [6.45, 7) is 0. The molecule has 2 heterocycles. The van der Waals surface area contributed by atoms with E-state index in [1.807, 2.05) is 0 Å². The summed E-state index contributed by atoms with van der Waals surface area (Å²) in [5.41, 5.74) is 1.50. The number of nitrogens with one attached hydrogen (secondary N) is 2. The molecule has 2 aromatic carbocycles. The van der Waals surface area contributed by atoms with Crippen LogP contribution in [0.1, 0.15) is 34.0 Å². The van der Waals surface area contributed by atoms with Gasteiger partial charge in [0, 0.05) is 36.1 Å². The van der Waals surface area contributed by atoms with E-state index >= 15 is 0 Å². The summed E-state index contributed by atoms with van der Waals surface area (Å²) < 4.78 is 21.1. The minimum atomic E-state index is -0.205. The molecule has 0 bridgehead atoms. The molecule has 2 aromatic heterocycles. The highest BCUT2D eigenvalue weighted by atomic mass is 32.1. The molecule has 0 unspecified atom stereocenters. The molecule has 42 heavy (non-hydrogen) atoms. The highest BCUT2D eigenvalue weighted by Gasteiger charge is 2.15. The van der Waals surface area contributed by atoms with E-state index in [1.165, 1.54) is 22.7 Å². The Morgan fingerprint density at radius 2 is 1.07 bits per heavy atom. The zero-order chi connectivity index (χ0) is 29.9. The third kappa shape index (κ3) is 8.60. The lowest BCUT2D eigenvalue weighted by molar-refractivity contribution is -0.116. The Labute approximate surface area is 251 Å². The molecule has 2 N–H and O–H groups in total. The van der Waals surface area contributed by atoms with Crippen LogP contribution in [0.5, 0.6) is 23.0 Å². The predicted molar refractivity (Wildman–Crippen MR) is 160 cm³/mol. The van der Waals surface area contributed by atoms with E-state index in [0.29, 0.717) is 33.3 Å². The number of methoxy groups -OCH3 is 4. The highest BCUT2D eigenvalue weighted by Crippen LogP contribution is 2.27. The fourth-order valence-electron chi connectivity index (χ4n) is 4.03. The van der Waals surface area contributed by atoms with Gasteiger partial charge in [0.2, 0.25) is 22.1 Å². The number of nitrogens with zero attached hydrogens (tertiary/aromatic N) is 4. The Morgan fingerprint density at radius 3 is 1.45 bits per heavy atom. The van der Waals surface area contributed by atoms with Gasteiger partial charge in [0.05, 0.1) is 41.3 Å². The molecule has 0 saturated carbocycles. The summed E-state index contributed by atoms with van der Waals surface area (Å²) >= 11 is 2.71. The molecule has 0 spiro atoms. The van der Waals surface area contributed by atoms with Crippen molar-refractivity contribution in [2.24, 2.45) is 0 Å². The van der Waals surface area contributed by atoms with Crippen molar-refractivity contribution in [3.05, 3.63) is 57.5 Å². The van der Waals surface area contributed by atoms with Gasteiger partial charge in [-0.3, -0.25) is 9.59 Å². The van der Waals surface area contributed by atoms with E-state index in [4.69, 9.17) is 18.9 Å². The minimum Gasteiger partial charge on any atom is -0.497 e. The van der Waals surface area contributed by atoms with Gasteiger partial charge < -0.3 is 29.6 Å². The number of hydrogen-bond donors (Lipinski definition) is 2. The molecule has 0 aliphatic heterocycles. The number of rotatable bonds is 15. The van der Waals surface area contributed by atoms with Crippen LogP contribution in [0.3, 0.4) is 0 Å². The molecule has 0 atom stereocenters. The van der Waals surface area contributed by atoms with E-state index in [1.54, 1.807) is 64.8 Å². The number of hydrogen-bond acceptors (Lipinski definition) is 12. The van der Waals surface area contributed by atoms with E-state index in [9.17, 15) is 9.59 Å². The summed E-state index contributed by atoms with van der Waals surface area (Å²) in [7, 11) is 6.26. The summed E-state index contributed by atoms with van der Waals surface area (Å²) in [6, 6.07) is 10.7. The largest absolute Gasteiger partial charge is 0.497 e. The number of aromatic nitrogens is 4. The van der Waals surface area contributed by atoms with Gasteiger partial charge >= 0.3 is 0 Å². The second kappa shape index (κ2) is 15.1. The van der Waals surface area contributed by atoms with Crippen LogP contribution in [0.4, 0.5) is 10.3 Å². The highest BCUT2D eigenvalue weighted by molar-refractivity contribution is 7.15. The van der Waals surface area contributed by atoms with Gasteiger partial charge in [-0.1, -0.05) is 34.8 Å². The Morgan fingerprint density at radius 1 is 0.643 bits per heavy atom. The average molecular weight is 613 g/mol. The maximum absolute atomic E-state index is 12.5. The molecule has 0 aliphatic rings. The van der Waals surface area contributed by atoms with Crippen molar-refractivity contribution in [1.82, 2.24) is 20.4 Å². The topological polar surface area (TPSA) is 147 Å². The molecular weight excluding hydrogens is 580 g/mol. The van der Waals surface area contributed by atoms with Crippen molar-refractivity contribution in [3.63, 3.8) is 0 Å². The van der Waals surface area contributed by atoms with Crippen LogP contribution < -0.4 is 29.6 Å². The lowest BCUT2D eigenvalue weighted by Crippen LogP contribution is -2.14. The maximum atomic E-state index is 12.5. The zero-order valence-electron chi connectivity index (χ0n) is 23.8. The van der Waals surface area contributed by atoms with Crippen LogP contribution in [-0.2, 0) is 35.3 Å². The Kier molecular flexibility index (Phi) is 11.0. The van der Waals surface area contributed by atoms with E-state index in [-0.39, 0.29) is 24.7 Å². The number of carbonyl (C=O) groups is 2. The maximum Gasteiger partial charge on any atom is 0.230 e. The van der Waals surface area contributed by atoms with Crippen molar-refractivity contribution in [2.75, 3.05) is 39.1 Å². The standard InChI is InChI=1S/C28H32N6O6S2/c1-37-19-11-9-17(21(15-19)39-3)13-23(35)29-27-33-31-25(41-27)7-5-6-8-26-32-34-28(42-26)30-24(36)14-18-10-12-20(38-2)16-22(18)40-4/h9-12,15-16H,5-8,13-14H2,1-4H3,(H,29,33,35)(H,30,34,36). The molecule has 2 amide bonds. The van der Waals surface area contributed by atoms with Crippen LogP contribution in [-0.4, -0.2) is 60.6 Å². The SMILES string of the molecule is COc1ccc(CC(=O)Nc2nnc(CCCCc3nnc(NC(=O)Cc4ccc(OC)cc4OC)s3)s2)c(OC)c1. The van der Waals surface area contributed by atoms with Crippen molar-refractivity contribution in [1.29, 1.82) is 0 Å². The first kappa shape index (κ1) is 30.7. The number of carbonyl (C=O) groups excluding carboxylic acids is 2. The number of unbranched alkanes of at least 4 members (excludes halogenated alkanes) is 1. The van der Waals surface area contributed by atoms with Gasteiger partial charge in [-0.25, -0.2) is 0 Å². The first-order chi connectivity index (χ1) is 20.4. The third-order valence-electron chi connectivity index (χ3n) is 6.15. The first-order valence-electron chi connectivity index (χ1n) is 13.1. The summed E-state index contributed by atoms with van der Waals surface area (Å²) in [6.07, 6.45) is 3.47. The lowest BCUT2D eigenvalue weighted by Gasteiger charge is -2.09. The summed E-state index contributed by atoms with van der Waals surface area (Å²) in [5.74, 6) is 2.07. The molecule has 4 rings (SSSR count). The molecule has 222 valence electrons. The third-order valence-corrected chi connectivity index (χ3v) is 7.95.